The predicted molar refractivity (Wildman–Crippen MR) is 497 cm³/mol. The maximum Gasteiger partial charge on any atom is 0.496 e. The lowest BCUT2D eigenvalue weighted by Crippen LogP contribution is -2.41. The Morgan fingerprint density at radius 2 is 0.696 bits per heavy atom. The number of benzene rings is 10. The fourth-order valence-electron chi connectivity index (χ4n) is 12.4. The lowest BCUT2D eigenvalue weighted by atomic mass is 9.77. The second-order valence-corrected chi connectivity index (χ2v) is 108. The van der Waals surface area contributed by atoms with Crippen LogP contribution in [0.4, 0.5) is 0 Å². The highest BCUT2D eigenvalue weighted by atomic mass is 79.9. The Morgan fingerprint density at radius 3 is 1.12 bits per heavy atom. The van der Waals surface area contributed by atoms with Crippen LogP contribution in [0.3, 0.4) is 0 Å². The molecule has 10 aromatic carbocycles. The number of nitrogens with zero attached hydrogens (tertiary/aromatic N) is 2. The molecule has 102 heavy (non-hydrogen) atoms. The first-order chi connectivity index (χ1) is 48.5. The normalized spacial score (nSPS) is 15.7. The van der Waals surface area contributed by atoms with Crippen molar-refractivity contribution >= 4 is 264 Å². The molecule has 5 heterocycles. The molecule has 524 valence electrons. The van der Waals surface area contributed by atoms with Gasteiger partial charge in [-0.3, -0.25) is 9.59 Å². The van der Waals surface area contributed by atoms with E-state index in [0.29, 0.717) is 4.47 Å². The van der Waals surface area contributed by atoms with Gasteiger partial charge in [-0.1, -0.05) is 155 Å². The number of hydrogen-bond donors (Lipinski definition) is 0. The van der Waals surface area contributed by atoms with Crippen molar-refractivity contribution < 1.29 is 35.7 Å². The summed E-state index contributed by atoms with van der Waals surface area (Å²) in [6.45, 7) is 9.00. The average Bonchev–Trinajstić information content (AvgIpc) is 1.25. The second kappa shape index (κ2) is 34.2. The summed E-state index contributed by atoms with van der Waals surface area (Å²) in [4.78, 5) is 25.9. The molecule has 0 spiro atoms. The third-order valence-corrected chi connectivity index (χ3v) is 147. The van der Waals surface area contributed by atoms with Crippen LogP contribution in [0.25, 0.3) is 66.1 Å². The van der Waals surface area contributed by atoms with E-state index >= 15 is 0 Å². The van der Waals surface area contributed by atoms with Crippen LogP contribution >= 0.6 is 177 Å². The van der Waals surface area contributed by atoms with Crippen LogP contribution in [0, 0.1) is 0 Å². The molecule has 1 saturated heterocycles. The number of rotatable bonds is 12. The fraction of sp³-hybridized carbons (Fsp3) is 0.0882. The summed E-state index contributed by atoms with van der Waals surface area (Å²) in [5.74, 6) is -0.525. The molecule has 3 aliphatic rings. The van der Waals surface area contributed by atoms with Gasteiger partial charge in [0.15, 0.2) is 11.6 Å². The second-order valence-electron chi connectivity index (χ2n) is 24.4. The number of carbonyl (C=O) groups excluding carboxylic acids is 2. The number of fused-ring (bicyclic) bond motifs is 10. The van der Waals surface area contributed by atoms with Gasteiger partial charge in [-0.05, 0) is 187 Å². The quantitative estimate of drug-likeness (QED) is 0.0873. The van der Waals surface area contributed by atoms with Crippen LogP contribution in [0.15, 0.2) is 255 Å². The van der Waals surface area contributed by atoms with Gasteiger partial charge < -0.3 is 18.4 Å². The predicted octanol–water partition coefficient (Wildman–Crippen LogP) is 26.1. The summed E-state index contributed by atoms with van der Waals surface area (Å²) in [7, 11) is 26.9. The molecule has 0 amide bonds. The van der Waals surface area contributed by atoms with E-state index in [1.807, 2.05) is 42.5 Å². The Labute approximate surface area is 641 Å². The molecule has 0 aliphatic carbocycles. The third-order valence-electron chi connectivity index (χ3n) is 17.7. The summed E-state index contributed by atoms with van der Waals surface area (Å²) >= 11 is 3.25. The molecule has 15 rings (SSSR count). The molecular weight excluding hydrogens is 1750 g/mol. The molecule has 10 nitrogen and oxygen atoms in total. The van der Waals surface area contributed by atoms with Crippen molar-refractivity contribution in [3.05, 3.63) is 257 Å². The minimum absolute atomic E-state index is 0.0247. The Balaban J connectivity index is 0.000000134. The molecule has 0 bridgehead atoms. The van der Waals surface area contributed by atoms with Gasteiger partial charge in [0.2, 0.25) is 19.7 Å². The maximum atomic E-state index is 13.4. The number of halogens is 1. The van der Waals surface area contributed by atoms with E-state index in [-0.39, 0.29) is 127 Å². The summed E-state index contributed by atoms with van der Waals surface area (Å²) in [6, 6.07) is 72.5. The molecular formula is C68H72BBrN2O8P20S2. The Kier molecular flexibility index (Phi) is 27.4. The van der Waals surface area contributed by atoms with E-state index < -0.39 is 26.8 Å². The highest BCUT2D eigenvalue weighted by Gasteiger charge is 2.52. The maximum absolute atomic E-state index is 13.4. The first kappa shape index (κ1) is 81.6. The minimum atomic E-state index is -3.77. The van der Waals surface area contributed by atoms with E-state index in [0.717, 1.165) is 49.8 Å². The summed E-state index contributed by atoms with van der Waals surface area (Å²) in [6.07, 6.45) is 0. The van der Waals surface area contributed by atoms with Crippen molar-refractivity contribution in [1.29, 1.82) is 0 Å². The van der Waals surface area contributed by atoms with Crippen molar-refractivity contribution in [2.24, 2.45) is 0 Å². The van der Waals surface area contributed by atoms with E-state index in [2.05, 4.69) is 254 Å². The van der Waals surface area contributed by atoms with Crippen molar-refractivity contribution in [2.45, 2.75) is 58.5 Å². The van der Waals surface area contributed by atoms with Gasteiger partial charge in [0, 0.05) is 65.0 Å². The Bertz CT molecular complexity index is 5320. The third kappa shape index (κ3) is 16.4. The molecule has 2 aromatic heterocycles. The first-order valence-electron chi connectivity index (χ1n) is 31.1. The number of ketones is 2. The van der Waals surface area contributed by atoms with Crippen LogP contribution < -0.4 is 5.46 Å². The smallest absolute Gasteiger partial charge is 0.399 e. The molecule has 34 heteroatoms. The van der Waals surface area contributed by atoms with Crippen LogP contribution in [0.1, 0.15) is 59.5 Å². The number of sulfone groups is 2. The van der Waals surface area contributed by atoms with Gasteiger partial charge in [-0.2, -0.15) is 0 Å². The van der Waals surface area contributed by atoms with Gasteiger partial charge in [0.25, 0.3) is 0 Å². The molecule has 1 fully saturated rings. The molecule has 0 saturated carbocycles. The van der Waals surface area contributed by atoms with Crippen molar-refractivity contribution in [3.63, 3.8) is 0 Å². The highest BCUT2D eigenvalue weighted by molar-refractivity contribution is 9.36. The summed E-state index contributed by atoms with van der Waals surface area (Å²) in [5.41, 5.74) is 9.50. The van der Waals surface area contributed by atoms with Gasteiger partial charge in [0.1, 0.15) is 0 Å². The molecule has 12 atom stereocenters. The minimum Gasteiger partial charge on any atom is -0.399 e. The van der Waals surface area contributed by atoms with E-state index in [4.69, 9.17) is 9.31 Å². The monoisotopic (exact) mass is 1820 g/mol. The van der Waals surface area contributed by atoms with Crippen LogP contribution in [-0.2, 0) is 29.0 Å². The zero-order chi connectivity index (χ0) is 73.1. The standard InChI is InChI=1S/C31H19NO3S.C24H24BNO2.C13H7BrO3S.H22P20/c33-31-24-12-4-8-16-29(24)36(34,35)30-18-17-20(19-25(30)31)21-9-1-5-13-26(21)32-27-14-6-2-10-22(27)23-11-3-7-15-28(23)32;1-23(2)24(3,4)28-25(27-23)19-13-7-10-16-22(19)26-20-14-8-5-11-17(20)18-12-6-9-15-21(18)26;14-8-5-6-12-10(7-8)13(15)9-3-1-2-4-11(9)18(12,16)17;1-12(2)17(11)20(18(13(3)4)14(5)6)19(15(7)8)16(9)10/h1-19H;5-16H,1-4H3;1-7H;1-11H2. The van der Waals surface area contributed by atoms with E-state index in [1.54, 1.807) is 66.7 Å². The summed E-state index contributed by atoms with van der Waals surface area (Å²) in [5, 5.41) is 4.82. The van der Waals surface area contributed by atoms with Crippen molar-refractivity contribution in [1.82, 2.24) is 9.13 Å². The average molecular weight is 1820 g/mol. The molecule has 12 unspecified atom stereocenters. The number of aromatic nitrogens is 2. The number of hydrogen-bond acceptors (Lipinski definition) is 8. The van der Waals surface area contributed by atoms with Crippen LogP contribution in [0.2, 0.25) is 0 Å². The van der Waals surface area contributed by atoms with Gasteiger partial charge >= 0.3 is 7.12 Å². The van der Waals surface area contributed by atoms with Crippen molar-refractivity contribution in [2.75, 3.05) is 0 Å². The lowest BCUT2D eigenvalue weighted by Gasteiger charge is -2.45. The largest absolute Gasteiger partial charge is 0.496 e. The zero-order valence-corrected chi connectivity index (χ0v) is 79.2. The van der Waals surface area contributed by atoms with Crippen molar-refractivity contribution in [3.8, 4) is 22.5 Å². The zero-order valence-electron chi connectivity index (χ0n) is 55.2. The van der Waals surface area contributed by atoms with E-state index in [1.165, 1.54) is 40.0 Å². The van der Waals surface area contributed by atoms with Gasteiger partial charge in [-0.15, -0.1) is 98.2 Å². The Morgan fingerprint density at radius 1 is 0.363 bits per heavy atom. The SMILES string of the molecule is CC1(C)OB(c2ccccc2-n2c3ccccc3c3ccccc32)OC1(C)C.O=C1c2ccccc2S(=O)(=O)c2ccc(-c3ccccc3-n3c4ccccc4c4ccccc43)cc21.O=C1c2ccccc2S(=O)(=O)c2ccc(Br)cc21.PP(P)P(P)P(P(P(P)P)P(P)P)P(P(P)P)P(P)P. The molecule has 3 aliphatic heterocycles. The van der Waals surface area contributed by atoms with Gasteiger partial charge in [-0.25, -0.2) is 16.8 Å². The highest BCUT2D eigenvalue weighted by Crippen LogP contribution is 3.30. The van der Waals surface area contributed by atoms with Crippen LogP contribution in [0.5, 0.6) is 0 Å². The molecule has 12 aromatic rings. The lowest BCUT2D eigenvalue weighted by molar-refractivity contribution is 0.00578. The number of para-hydroxylation sites is 6. The molecule has 0 N–H and O–H groups in total. The van der Waals surface area contributed by atoms with Gasteiger partial charge in [0.05, 0.1) is 58.5 Å². The topological polar surface area (TPSA) is 131 Å². The summed E-state index contributed by atoms with van der Waals surface area (Å²) < 4.78 is 69.3. The molecule has 0 radical (unpaired) electrons. The van der Waals surface area contributed by atoms with E-state index in [9.17, 15) is 26.4 Å². The fourth-order valence-corrected chi connectivity index (χ4v) is 243. The first-order valence-corrected chi connectivity index (χ1v) is 70.4. The number of carbonyl (C=O) groups is 2. The van der Waals surface area contributed by atoms with Crippen LogP contribution in [-0.4, -0.2) is 55.9 Å². The Hall–Kier alpha value is 0.105.